The fourth-order valence-corrected chi connectivity index (χ4v) is 12.0. The molecule has 1 saturated carbocycles. The van der Waals surface area contributed by atoms with Gasteiger partial charge in [0.2, 0.25) is 17.3 Å². The number of aryl methyl sites for hydroxylation is 10. The number of ether oxygens (including phenoxy) is 2. The van der Waals surface area contributed by atoms with Crippen molar-refractivity contribution in [1.82, 2.24) is 39.9 Å². The van der Waals surface area contributed by atoms with Gasteiger partial charge < -0.3 is 43.6 Å². The normalized spacial score (nSPS) is 14.7. The van der Waals surface area contributed by atoms with Gasteiger partial charge in [0, 0.05) is 60.7 Å². The summed E-state index contributed by atoms with van der Waals surface area (Å²) in [5.74, 6) is 7.30. The van der Waals surface area contributed by atoms with Gasteiger partial charge in [0.15, 0.2) is 5.78 Å². The Balaban J connectivity index is 0.000000170. The third kappa shape index (κ3) is 19.9. The second-order valence-corrected chi connectivity index (χ2v) is 29.1. The number of fused-ring (bicyclic) bond motifs is 9. The Morgan fingerprint density at radius 3 is 1.72 bits per heavy atom. The molecule has 468 valence electrons. The number of nitrogens with one attached hydrogen (secondary N) is 3. The number of furan rings is 2. The lowest BCUT2D eigenvalue weighted by atomic mass is 9.97. The van der Waals surface area contributed by atoms with Gasteiger partial charge in [-0.1, -0.05) is 25.4 Å². The summed E-state index contributed by atoms with van der Waals surface area (Å²) in [6.07, 6.45) is 17.2. The van der Waals surface area contributed by atoms with E-state index in [9.17, 15) is 18.9 Å². The number of hydrogen-bond donors (Lipinski definition) is 4. The van der Waals surface area contributed by atoms with E-state index in [-0.39, 0.29) is 35.6 Å². The molecule has 4 aliphatic carbocycles. The Morgan fingerprint density at radius 1 is 0.667 bits per heavy atom. The summed E-state index contributed by atoms with van der Waals surface area (Å²) < 4.78 is 31.1. The second-order valence-electron chi connectivity index (χ2n) is 20.5. The zero-order chi connectivity index (χ0) is 62.2. The minimum atomic E-state index is -3.22. The Hall–Kier alpha value is -6.25. The molecule has 7 aromatic heterocycles. The molecule has 0 saturated heterocycles. The van der Waals surface area contributed by atoms with Crippen LogP contribution in [0.25, 0.3) is 32.4 Å². The Kier molecular flexibility index (Phi) is 26.4. The molecule has 1 unspecified atom stereocenters. The molecule has 0 radical (unpaired) electrons. The highest BCUT2D eigenvalue weighted by Crippen LogP contribution is 2.61. The summed E-state index contributed by atoms with van der Waals surface area (Å²) in [4.78, 5) is 68.5. The number of rotatable bonds is 5. The lowest BCUT2D eigenvalue weighted by Crippen LogP contribution is -2.18. The molecular formula is C61H74Cl5N10O9PS. The lowest BCUT2D eigenvalue weighted by Gasteiger charge is -2.21. The number of aromatic amines is 2. The van der Waals surface area contributed by atoms with Crippen LogP contribution in [0.3, 0.4) is 0 Å². The zero-order valence-corrected chi connectivity index (χ0v) is 54.7. The van der Waals surface area contributed by atoms with E-state index in [1.807, 2.05) is 68.6 Å². The van der Waals surface area contributed by atoms with E-state index in [0.717, 1.165) is 132 Å². The number of thiophene rings is 1. The van der Waals surface area contributed by atoms with Crippen molar-refractivity contribution in [2.75, 3.05) is 38.5 Å². The predicted octanol–water partition coefficient (Wildman–Crippen LogP) is 16.1. The Labute approximate surface area is 534 Å². The summed E-state index contributed by atoms with van der Waals surface area (Å²) in [6, 6.07) is 16.9. The van der Waals surface area contributed by atoms with Crippen molar-refractivity contribution >= 4 is 129 Å². The average molecular weight is 1330 g/mol. The molecule has 1 atom stereocenters. The van der Waals surface area contributed by atoms with E-state index in [0.29, 0.717) is 45.9 Å². The molecule has 0 bridgehead atoms. The van der Waals surface area contributed by atoms with E-state index < -0.39 is 5.20 Å². The van der Waals surface area contributed by atoms with Gasteiger partial charge in [0.05, 0.1) is 36.4 Å². The van der Waals surface area contributed by atoms with E-state index >= 15 is 0 Å². The summed E-state index contributed by atoms with van der Waals surface area (Å²) in [5, 5.41) is 11.7. The quantitative estimate of drug-likeness (QED) is 0.0709. The molecule has 2 aromatic carbocycles. The molecule has 0 aliphatic heterocycles. The molecule has 0 spiro atoms. The van der Waals surface area contributed by atoms with Gasteiger partial charge in [-0.25, -0.2) is 19.9 Å². The Morgan fingerprint density at radius 2 is 1.18 bits per heavy atom. The number of anilines is 3. The minimum absolute atomic E-state index is 0. The van der Waals surface area contributed by atoms with E-state index in [1.165, 1.54) is 53.5 Å². The monoisotopic (exact) mass is 1330 g/mol. The number of ketones is 1. The van der Waals surface area contributed by atoms with E-state index in [4.69, 9.17) is 56.6 Å². The number of Topliss-reactive ketones (excluding diaryl/α,β-unsaturated/α-hetero) is 1. The number of carbonyl (C=O) groups is 1. The summed E-state index contributed by atoms with van der Waals surface area (Å²) >= 11 is 27.4. The SMILES string of the molecule is C.CNc1ccc(OC)cc1.COc1ccc(N(C)c2nc(C)nc3sc4c(c23)CCCC4)cc1.Cc1nc(Cl)c2c3c(oc2n1)CCCC3.Cc1nc(O)cc(=O)[nH]1.Cc1nc2oc3c(c2c(=O)[nH]1)CCCC3.O=C1CCCCC1Cl.O=P(Cl)(Cl)Cl. The first kappa shape index (κ1) is 69.8. The molecule has 13 rings (SSSR count). The maximum atomic E-state index is 11.8. The summed E-state index contributed by atoms with van der Waals surface area (Å²) in [6.45, 7) is 7.17. The first-order valence-corrected chi connectivity index (χ1v) is 34.2. The van der Waals surface area contributed by atoms with Crippen LogP contribution in [0.15, 0.2) is 73.0 Å². The highest BCUT2D eigenvalue weighted by molar-refractivity contribution is 8.24. The number of halogens is 5. The van der Waals surface area contributed by atoms with Crippen LogP contribution < -0.4 is 30.8 Å². The van der Waals surface area contributed by atoms with Crippen molar-refractivity contribution in [2.45, 2.75) is 143 Å². The number of benzene rings is 2. The number of nitrogens with zero attached hydrogens (tertiary/aromatic N) is 7. The van der Waals surface area contributed by atoms with E-state index in [1.54, 1.807) is 28.1 Å². The number of aromatic nitrogens is 8. The molecule has 87 heavy (non-hydrogen) atoms. The lowest BCUT2D eigenvalue weighted by molar-refractivity contribution is -0.119. The van der Waals surface area contributed by atoms with Crippen LogP contribution in [0.2, 0.25) is 5.15 Å². The molecule has 9 aromatic rings. The first-order chi connectivity index (χ1) is 41.0. The number of hydrogen-bond acceptors (Lipinski definition) is 18. The van der Waals surface area contributed by atoms with Crippen molar-refractivity contribution < 1.29 is 32.8 Å². The highest BCUT2D eigenvalue weighted by Gasteiger charge is 2.25. The molecule has 4 N–H and O–H groups in total. The zero-order valence-electron chi connectivity index (χ0n) is 49.2. The van der Waals surface area contributed by atoms with Gasteiger partial charge in [0.25, 0.3) is 11.1 Å². The number of H-pyrrole nitrogens is 2. The van der Waals surface area contributed by atoms with Crippen molar-refractivity contribution in [2.24, 2.45) is 0 Å². The van der Waals surface area contributed by atoms with Gasteiger partial charge in [-0.15, -0.1) is 22.9 Å². The van der Waals surface area contributed by atoms with Gasteiger partial charge in [-0.3, -0.25) is 18.9 Å². The largest absolute Gasteiger partial charge is 0.497 e. The van der Waals surface area contributed by atoms with Crippen LogP contribution in [0.4, 0.5) is 17.2 Å². The molecule has 0 amide bonds. The fourth-order valence-electron chi connectivity index (χ4n) is 10.2. The molecule has 1 fully saturated rings. The highest BCUT2D eigenvalue weighted by atomic mass is 36.0. The fraction of sp³-hybridized carbons (Fsp3) is 0.426. The van der Waals surface area contributed by atoms with Crippen LogP contribution in [-0.4, -0.2) is 84.5 Å². The van der Waals surface area contributed by atoms with Crippen molar-refractivity contribution in [3.05, 3.63) is 137 Å². The van der Waals surface area contributed by atoms with Crippen molar-refractivity contribution in [3.8, 4) is 17.4 Å². The standard InChI is InChI=1S/C19H21N3OS.C11H11ClN2O.C11H12N2O2.C8H11NO.C6H9ClO.C5H6N2O2.CH4.Cl3OP/c1-12-20-18(22(2)13-8-10-14(23-3)11-9-13)17-15-6-4-5-7-16(15)24-19(17)21-12;1-6-13-10(12)9-7-4-2-3-5-8(7)15-11(9)14-6;1-6-12-10(14)9-7-4-2-3-5-8(7)15-11(9)13-6;1-9-7-3-5-8(10-2)6-4-7;7-5-3-1-2-4-6(5)8;1-3-6-4(8)2-5(9)7-3;;1-5(2,3)4/h8-11H,4-7H2,1-3H3;2-5H2,1H3;2-5H2,1H3,(H,12,13,14);3-6,9H,1-2H3;5H,1-4H2;2H,1H3,(H2,6,7,8,9);1H4;. The molecule has 26 heteroatoms. The van der Waals surface area contributed by atoms with E-state index in [2.05, 4.69) is 93.0 Å². The number of methoxy groups -OCH3 is 2. The smallest absolute Gasteiger partial charge is 0.339 e. The topological polar surface area (TPSA) is 257 Å². The number of aromatic hydroxyl groups is 1. The van der Waals surface area contributed by atoms with Gasteiger partial charge in [-0.2, -0.15) is 9.97 Å². The number of alkyl halides is 1. The minimum Gasteiger partial charge on any atom is -0.497 e. The second kappa shape index (κ2) is 32.8. The maximum absolute atomic E-state index is 11.8. The molecule has 19 nitrogen and oxygen atoms in total. The molecule has 4 aliphatic rings. The average Bonchev–Trinajstić information content (AvgIpc) is 1.72. The molecule has 7 heterocycles. The number of carbonyl (C=O) groups excluding carboxylic acids is 1. The third-order valence-electron chi connectivity index (χ3n) is 14.2. The Bertz CT molecular complexity index is 3870. The predicted molar refractivity (Wildman–Crippen MR) is 353 cm³/mol. The van der Waals surface area contributed by atoms with Gasteiger partial charge >= 0.3 is 5.20 Å². The van der Waals surface area contributed by atoms with Gasteiger partial charge in [-0.05, 0) is 193 Å². The van der Waals surface area contributed by atoms with Crippen LogP contribution >= 0.6 is 73.5 Å². The van der Waals surface area contributed by atoms with Crippen LogP contribution in [0.5, 0.6) is 17.4 Å². The maximum Gasteiger partial charge on any atom is 0.339 e. The molecular weight excluding hydrogens is 1260 g/mol. The van der Waals surface area contributed by atoms with Crippen LogP contribution in [0, 0.1) is 27.7 Å². The van der Waals surface area contributed by atoms with Crippen molar-refractivity contribution in [1.29, 1.82) is 0 Å². The van der Waals surface area contributed by atoms with Crippen molar-refractivity contribution in [3.63, 3.8) is 0 Å². The van der Waals surface area contributed by atoms with Crippen LogP contribution in [0.1, 0.15) is 128 Å². The summed E-state index contributed by atoms with van der Waals surface area (Å²) in [5.41, 5.74) is 6.72. The van der Waals surface area contributed by atoms with Gasteiger partial charge in [0.1, 0.15) is 67.5 Å². The third-order valence-corrected chi connectivity index (χ3v) is 16.1. The first-order valence-electron chi connectivity index (χ1n) is 28.1. The summed E-state index contributed by atoms with van der Waals surface area (Å²) in [7, 11) is 7.32. The van der Waals surface area contributed by atoms with Crippen LogP contribution in [-0.2, 0) is 47.9 Å².